The topological polar surface area (TPSA) is 68.2 Å². The summed E-state index contributed by atoms with van der Waals surface area (Å²) in [5.74, 6) is -0.504. The predicted molar refractivity (Wildman–Crippen MR) is 85.4 cm³/mol. The van der Waals surface area contributed by atoms with Gasteiger partial charge in [-0.05, 0) is 41.5 Å². The van der Waals surface area contributed by atoms with Crippen molar-refractivity contribution in [2.45, 2.75) is 4.90 Å². The van der Waals surface area contributed by atoms with E-state index in [0.717, 1.165) is 5.39 Å². The minimum atomic E-state index is -1.12. The van der Waals surface area contributed by atoms with Crippen molar-refractivity contribution in [1.82, 2.24) is 4.98 Å². The Hall–Kier alpha value is -2.31. The number of hydrogen-bond acceptors (Lipinski definition) is 4. The third-order valence-corrected chi connectivity index (χ3v) is 4.18. The van der Waals surface area contributed by atoms with Gasteiger partial charge < -0.3 is 15.0 Å². The first-order chi connectivity index (χ1) is 10.5. The van der Waals surface area contributed by atoms with E-state index in [2.05, 4.69) is 10.3 Å². The minimum absolute atomic E-state index is 0.0300. The first-order valence-electron chi connectivity index (χ1n) is 6.52. The molecule has 3 aromatic rings. The van der Waals surface area contributed by atoms with Gasteiger partial charge in [-0.2, -0.15) is 0 Å². The molecule has 0 saturated heterocycles. The second-order valence-electron chi connectivity index (χ2n) is 4.78. The van der Waals surface area contributed by atoms with Crippen LogP contribution in [0.4, 0.5) is 15.8 Å². The summed E-state index contributed by atoms with van der Waals surface area (Å²) in [6.45, 7) is 0. The lowest BCUT2D eigenvalue weighted by Gasteiger charge is -2.12. The molecule has 1 aromatic heterocycles. The Morgan fingerprint density at radius 2 is 1.95 bits per heavy atom. The zero-order valence-corrected chi connectivity index (χ0v) is 12.5. The van der Waals surface area contributed by atoms with Gasteiger partial charge in [0.05, 0.1) is 11.2 Å². The van der Waals surface area contributed by atoms with Crippen molar-refractivity contribution in [2.75, 3.05) is 11.6 Å². The van der Waals surface area contributed by atoms with Crippen molar-refractivity contribution < 1.29 is 14.0 Å². The van der Waals surface area contributed by atoms with Gasteiger partial charge in [-0.25, -0.2) is 4.39 Å². The third-order valence-electron chi connectivity index (χ3n) is 3.26. The monoisotopic (exact) mass is 316 g/mol. The fourth-order valence-corrected chi connectivity index (χ4v) is 2.71. The van der Waals surface area contributed by atoms with Crippen molar-refractivity contribution in [3.05, 3.63) is 54.5 Å². The summed E-state index contributed by atoms with van der Waals surface area (Å²) >= 11 is -1.12. The van der Waals surface area contributed by atoms with Crippen LogP contribution in [-0.4, -0.2) is 20.9 Å². The molecule has 6 heteroatoms. The fourth-order valence-electron chi connectivity index (χ4n) is 2.17. The van der Waals surface area contributed by atoms with Gasteiger partial charge in [-0.15, -0.1) is 0 Å². The van der Waals surface area contributed by atoms with Crippen LogP contribution in [0.2, 0.25) is 0 Å². The average molecular weight is 316 g/mol. The van der Waals surface area contributed by atoms with Gasteiger partial charge in [-0.1, -0.05) is 0 Å². The van der Waals surface area contributed by atoms with Crippen LogP contribution in [0.15, 0.2) is 53.6 Å². The Kier molecular flexibility index (Phi) is 3.87. The van der Waals surface area contributed by atoms with Crippen LogP contribution in [0.3, 0.4) is 0 Å². The van der Waals surface area contributed by atoms with Crippen LogP contribution in [0.5, 0.6) is 5.75 Å². The maximum absolute atomic E-state index is 13.8. The molecule has 2 N–H and O–H groups in total. The fraction of sp³-hybridized carbons (Fsp3) is 0.0625. The van der Waals surface area contributed by atoms with E-state index in [0.29, 0.717) is 16.1 Å². The average Bonchev–Trinajstić information content (AvgIpc) is 2.50. The minimum Gasteiger partial charge on any atom is -0.612 e. The first kappa shape index (κ1) is 14.6. The number of pyridine rings is 1. The first-order valence-corrected chi connectivity index (χ1v) is 8.08. The predicted octanol–water partition coefficient (Wildman–Crippen LogP) is 3.56. The second-order valence-corrected chi connectivity index (χ2v) is 6.16. The van der Waals surface area contributed by atoms with Crippen molar-refractivity contribution in [3.8, 4) is 5.75 Å². The number of hydrogen-bond donors (Lipinski definition) is 2. The molecule has 1 heterocycles. The number of halogens is 1. The van der Waals surface area contributed by atoms with Crippen LogP contribution in [0, 0.1) is 5.82 Å². The zero-order valence-electron chi connectivity index (χ0n) is 11.7. The maximum Gasteiger partial charge on any atom is 0.153 e. The molecule has 1 unspecified atom stereocenters. The van der Waals surface area contributed by atoms with E-state index in [1.165, 1.54) is 18.2 Å². The lowest BCUT2D eigenvalue weighted by molar-refractivity contribution is 0.473. The number of aromatic hydroxyl groups is 1. The quantitative estimate of drug-likeness (QED) is 0.725. The van der Waals surface area contributed by atoms with Crippen molar-refractivity contribution in [1.29, 1.82) is 0 Å². The molecular weight excluding hydrogens is 303 g/mol. The highest BCUT2D eigenvalue weighted by Gasteiger charge is 2.10. The summed E-state index contributed by atoms with van der Waals surface area (Å²) in [6, 6.07) is 10.8. The molecule has 22 heavy (non-hydrogen) atoms. The molecule has 0 aliphatic heterocycles. The van der Waals surface area contributed by atoms with Crippen LogP contribution < -0.4 is 5.32 Å². The van der Waals surface area contributed by atoms with E-state index >= 15 is 0 Å². The van der Waals surface area contributed by atoms with Gasteiger partial charge in [0.15, 0.2) is 4.90 Å². The van der Waals surface area contributed by atoms with Gasteiger partial charge in [0, 0.05) is 29.4 Å². The summed E-state index contributed by atoms with van der Waals surface area (Å²) < 4.78 is 25.5. The Morgan fingerprint density at radius 1 is 1.14 bits per heavy atom. The SMILES string of the molecule is C[S+]([O-])c1ccc2nccc(Nc3cc(O)ccc3F)c2c1. The number of phenolic OH excluding ortho intramolecular Hbond substituents is 1. The van der Waals surface area contributed by atoms with Gasteiger partial charge in [0.2, 0.25) is 0 Å². The number of nitrogens with one attached hydrogen (secondary N) is 1. The molecule has 0 amide bonds. The molecule has 112 valence electrons. The number of anilines is 2. The Balaban J connectivity index is 2.10. The highest BCUT2D eigenvalue weighted by molar-refractivity contribution is 7.90. The molecule has 0 radical (unpaired) electrons. The number of aromatic nitrogens is 1. The summed E-state index contributed by atoms with van der Waals surface area (Å²) in [5, 5.41) is 13.2. The van der Waals surface area contributed by atoms with E-state index in [4.69, 9.17) is 0 Å². The van der Waals surface area contributed by atoms with E-state index in [1.54, 1.807) is 36.7 Å². The van der Waals surface area contributed by atoms with E-state index in [9.17, 15) is 14.0 Å². The van der Waals surface area contributed by atoms with Crippen LogP contribution in [0.25, 0.3) is 10.9 Å². The molecule has 0 bridgehead atoms. The van der Waals surface area contributed by atoms with Gasteiger partial charge in [-0.3, -0.25) is 4.98 Å². The molecule has 0 aliphatic rings. The number of nitrogens with zero attached hydrogens (tertiary/aromatic N) is 1. The van der Waals surface area contributed by atoms with Gasteiger partial charge >= 0.3 is 0 Å². The lowest BCUT2D eigenvalue weighted by Crippen LogP contribution is -1.99. The van der Waals surface area contributed by atoms with Crippen molar-refractivity contribution in [3.63, 3.8) is 0 Å². The van der Waals surface area contributed by atoms with Crippen LogP contribution >= 0.6 is 0 Å². The maximum atomic E-state index is 13.8. The smallest absolute Gasteiger partial charge is 0.153 e. The molecule has 0 saturated carbocycles. The number of rotatable bonds is 3. The van der Waals surface area contributed by atoms with Crippen LogP contribution in [-0.2, 0) is 11.2 Å². The lowest BCUT2D eigenvalue weighted by atomic mass is 10.1. The summed E-state index contributed by atoms with van der Waals surface area (Å²) in [6.07, 6.45) is 3.20. The van der Waals surface area contributed by atoms with E-state index < -0.39 is 17.0 Å². The van der Waals surface area contributed by atoms with E-state index in [1.807, 2.05) is 0 Å². The zero-order chi connectivity index (χ0) is 15.7. The third kappa shape index (κ3) is 2.84. The number of fused-ring (bicyclic) bond motifs is 1. The molecule has 1 atom stereocenters. The standard InChI is InChI=1S/C16H13FN2O2S/c1-22(21)11-3-5-14-12(9-11)15(6-7-18-14)19-16-8-10(20)2-4-13(16)17/h2-9,20H,1H3,(H,18,19). The second kappa shape index (κ2) is 5.82. The normalized spacial score (nSPS) is 12.3. The van der Waals surface area contributed by atoms with Crippen molar-refractivity contribution >= 4 is 33.5 Å². The molecule has 0 spiro atoms. The summed E-state index contributed by atoms with van der Waals surface area (Å²) in [4.78, 5) is 4.91. The molecule has 3 rings (SSSR count). The Morgan fingerprint density at radius 3 is 2.73 bits per heavy atom. The summed E-state index contributed by atoms with van der Waals surface area (Å²) in [7, 11) is 0. The molecular formula is C16H13FN2O2S. The highest BCUT2D eigenvalue weighted by Crippen LogP contribution is 2.29. The number of phenols is 1. The van der Waals surface area contributed by atoms with Crippen LogP contribution in [0.1, 0.15) is 0 Å². The van der Waals surface area contributed by atoms with Gasteiger partial charge in [0.25, 0.3) is 0 Å². The van der Waals surface area contributed by atoms with Crippen molar-refractivity contribution in [2.24, 2.45) is 0 Å². The molecule has 0 aliphatic carbocycles. The van der Waals surface area contributed by atoms with E-state index in [-0.39, 0.29) is 11.4 Å². The highest BCUT2D eigenvalue weighted by atomic mass is 32.2. The largest absolute Gasteiger partial charge is 0.612 e. The summed E-state index contributed by atoms with van der Waals surface area (Å²) in [5.41, 5.74) is 1.50. The van der Waals surface area contributed by atoms with Gasteiger partial charge in [0.1, 0.15) is 17.8 Å². The molecule has 0 fully saturated rings. The Labute approximate surface area is 129 Å². The molecule has 2 aromatic carbocycles. The number of benzene rings is 2. The molecule has 4 nitrogen and oxygen atoms in total. The Bertz CT molecular complexity index is 839.